The molecular formula is C32H54O. The van der Waals surface area contributed by atoms with E-state index in [9.17, 15) is 0 Å². The van der Waals surface area contributed by atoms with Gasteiger partial charge in [-0.1, -0.05) is 48.5 Å². The first-order valence-corrected chi connectivity index (χ1v) is 15.2. The molecule has 6 aliphatic rings. The number of fused-ring (bicyclic) bond motifs is 7. The van der Waals surface area contributed by atoms with Crippen molar-refractivity contribution in [2.75, 3.05) is 0 Å². The number of hydrogen-bond acceptors (Lipinski definition) is 1. The lowest BCUT2D eigenvalue weighted by atomic mass is 9.43. The van der Waals surface area contributed by atoms with Gasteiger partial charge in [-0.05, 0) is 141 Å². The lowest BCUT2D eigenvalue weighted by Gasteiger charge is -2.62. The van der Waals surface area contributed by atoms with Gasteiger partial charge in [0.05, 0.1) is 11.7 Å². The Morgan fingerprint density at radius 2 is 1.42 bits per heavy atom. The summed E-state index contributed by atoms with van der Waals surface area (Å²) in [4.78, 5) is 0. The molecule has 1 heteroatoms. The van der Waals surface area contributed by atoms with E-state index < -0.39 is 0 Å². The second-order valence-electron chi connectivity index (χ2n) is 16.0. The molecular weight excluding hydrogens is 400 g/mol. The van der Waals surface area contributed by atoms with Crippen LogP contribution < -0.4 is 0 Å². The predicted molar refractivity (Wildman–Crippen MR) is 138 cm³/mol. The zero-order valence-electron chi connectivity index (χ0n) is 23.1. The van der Waals surface area contributed by atoms with Crippen LogP contribution in [0.4, 0.5) is 0 Å². The lowest BCUT2D eigenvalue weighted by molar-refractivity contribution is -0.135. The molecule has 0 aromatic heterocycles. The van der Waals surface area contributed by atoms with E-state index in [1.165, 1.54) is 77.0 Å². The fourth-order valence-corrected chi connectivity index (χ4v) is 11.6. The summed E-state index contributed by atoms with van der Waals surface area (Å²) in [7, 11) is 0. The smallest absolute Gasteiger partial charge is 0.0715 e. The minimum atomic E-state index is 0.238. The molecule has 188 valence electrons. The lowest BCUT2D eigenvalue weighted by Crippen LogP contribution is -2.55. The van der Waals surface area contributed by atoms with Gasteiger partial charge < -0.3 is 4.74 Å². The molecule has 0 radical (unpaired) electrons. The molecule has 1 aliphatic heterocycles. The third-order valence-electron chi connectivity index (χ3n) is 13.9. The van der Waals surface area contributed by atoms with Crippen molar-refractivity contribution in [2.24, 2.45) is 63.6 Å². The highest BCUT2D eigenvalue weighted by Gasteiger charge is 2.68. The van der Waals surface area contributed by atoms with E-state index in [0.29, 0.717) is 22.3 Å². The SMILES string of the molecule is C[C@H]1[C@H]2[C@H](C[C@H]3[C@@H]4CC[C@@H]5CC(C(C)(C)C)CC[C@]5(C)[C@H]4CC[C@]23C)O[C@]12CC[C@H](C)CC2. The van der Waals surface area contributed by atoms with Crippen molar-refractivity contribution >= 4 is 0 Å². The van der Waals surface area contributed by atoms with Crippen LogP contribution in [0.1, 0.15) is 126 Å². The molecule has 6 rings (SSSR count). The van der Waals surface area contributed by atoms with Gasteiger partial charge in [0.2, 0.25) is 0 Å². The molecule has 5 saturated carbocycles. The highest BCUT2D eigenvalue weighted by atomic mass is 16.5. The summed E-state index contributed by atoms with van der Waals surface area (Å²) in [6, 6.07) is 0. The Kier molecular flexibility index (Phi) is 5.30. The molecule has 1 saturated heterocycles. The Morgan fingerprint density at radius 3 is 2.12 bits per heavy atom. The summed E-state index contributed by atoms with van der Waals surface area (Å²) in [5.74, 6) is 7.37. The van der Waals surface area contributed by atoms with Gasteiger partial charge in [0.15, 0.2) is 0 Å². The molecule has 0 bridgehead atoms. The Balaban J connectivity index is 1.22. The minimum Gasteiger partial charge on any atom is -0.371 e. The van der Waals surface area contributed by atoms with Crippen molar-refractivity contribution in [3.05, 3.63) is 0 Å². The van der Waals surface area contributed by atoms with E-state index in [-0.39, 0.29) is 5.60 Å². The Morgan fingerprint density at radius 1 is 0.727 bits per heavy atom. The van der Waals surface area contributed by atoms with Crippen LogP contribution in [0.15, 0.2) is 0 Å². The molecule has 33 heavy (non-hydrogen) atoms. The molecule has 0 aromatic carbocycles. The second kappa shape index (κ2) is 7.49. The average Bonchev–Trinajstić information content (AvgIpc) is 3.19. The van der Waals surface area contributed by atoms with Crippen LogP contribution in [0.2, 0.25) is 0 Å². The summed E-state index contributed by atoms with van der Waals surface area (Å²) >= 11 is 0. The zero-order chi connectivity index (χ0) is 23.4. The van der Waals surface area contributed by atoms with Crippen LogP contribution in [0.25, 0.3) is 0 Å². The molecule has 1 spiro atoms. The number of hydrogen-bond donors (Lipinski definition) is 0. The Hall–Kier alpha value is -0.0400. The third-order valence-corrected chi connectivity index (χ3v) is 13.9. The third kappa shape index (κ3) is 3.25. The van der Waals surface area contributed by atoms with E-state index in [1.54, 1.807) is 0 Å². The number of rotatable bonds is 0. The molecule has 0 amide bonds. The maximum atomic E-state index is 7.19. The first-order valence-electron chi connectivity index (χ1n) is 15.2. The first kappa shape index (κ1) is 23.4. The summed E-state index contributed by atoms with van der Waals surface area (Å²) in [5, 5.41) is 0. The molecule has 5 aliphatic carbocycles. The Bertz CT molecular complexity index is 755. The second-order valence-corrected chi connectivity index (χ2v) is 16.0. The molecule has 10 atom stereocenters. The molecule has 1 unspecified atom stereocenters. The summed E-state index contributed by atoms with van der Waals surface area (Å²) in [6.07, 6.45) is 18.0. The van der Waals surface area contributed by atoms with E-state index in [0.717, 1.165) is 47.3 Å². The van der Waals surface area contributed by atoms with Gasteiger partial charge in [-0.3, -0.25) is 0 Å². The quantitative estimate of drug-likeness (QED) is 0.355. The maximum absolute atomic E-state index is 7.19. The van der Waals surface area contributed by atoms with Gasteiger partial charge in [0.25, 0.3) is 0 Å². The molecule has 6 fully saturated rings. The highest BCUT2D eigenvalue weighted by Crippen LogP contribution is 2.72. The van der Waals surface area contributed by atoms with Gasteiger partial charge in [-0.15, -0.1) is 0 Å². The van der Waals surface area contributed by atoms with Gasteiger partial charge in [0.1, 0.15) is 0 Å². The van der Waals surface area contributed by atoms with E-state index in [1.807, 2.05) is 0 Å². The normalized spacial score (nSPS) is 58.5. The van der Waals surface area contributed by atoms with E-state index >= 15 is 0 Å². The largest absolute Gasteiger partial charge is 0.371 e. The van der Waals surface area contributed by atoms with Crippen LogP contribution in [-0.4, -0.2) is 11.7 Å². The fourth-order valence-electron chi connectivity index (χ4n) is 11.6. The van der Waals surface area contributed by atoms with Crippen molar-refractivity contribution in [3.8, 4) is 0 Å². The zero-order valence-corrected chi connectivity index (χ0v) is 23.1. The van der Waals surface area contributed by atoms with E-state index in [4.69, 9.17) is 4.74 Å². The van der Waals surface area contributed by atoms with Crippen LogP contribution in [0.3, 0.4) is 0 Å². The van der Waals surface area contributed by atoms with Crippen molar-refractivity contribution < 1.29 is 4.74 Å². The van der Waals surface area contributed by atoms with Gasteiger partial charge in [-0.25, -0.2) is 0 Å². The summed E-state index contributed by atoms with van der Waals surface area (Å²) < 4.78 is 7.19. The maximum Gasteiger partial charge on any atom is 0.0715 e. The number of ether oxygens (including phenoxy) is 1. The molecule has 1 nitrogen and oxygen atoms in total. The van der Waals surface area contributed by atoms with Crippen molar-refractivity contribution in [2.45, 2.75) is 137 Å². The molecule has 0 aromatic rings. The highest BCUT2D eigenvalue weighted by molar-refractivity contribution is 5.16. The fraction of sp³-hybridized carbons (Fsp3) is 1.00. The van der Waals surface area contributed by atoms with Crippen LogP contribution in [0.5, 0.6) is 0 Å². The molecule has 1 heterocycles. The van der Waals surface area contributed by atoms with Crippen LogP contribution in [-0.2, 0) is 4.74 Å². The summed E-state index contributed by atoms with van der Waals surface area (Å²) in [6.45, 7) is 18.1. The standard InChI is InChI=1S/C32H54O/c1-20-10-16-32(17-11-20)21(2)28-27(33-32)19-26-24-9-8-23-18-22(29(3,4)5)12-14-30(23,6)25(24)13-15-31(26,28)7/h20-28H,8-19H2,1-7H3/t20-,21-,22?,23+,24+,25-,26-,27-,28-,30-,31-,32-/m0/s1. The van der Waals surface area contributed by atoms with E-state index in [2.05, 4.69) is 48.5 Å². The van der Waals surface area contributed by atoms with Crippen molar-refractivity contribution in [1.82, 2.24) is 0 Å². The van der Waals surface area contributed by atoms with Gasteiger partial charge in [0, 0.05) is 0 Å². The molecule has 0 N–H and O–H groups in total. The minimum absolute atomic E-state index is 0.238. The van der Waals surface area contributed by atoms with Gasteiger partial charge in [-0.2, -0.15) is 0 Å². The van der Waals surface area contributed by atoms with Crippen LogP contribution in [0, 0.1) is 63.6 Å². The Labute approximate surface area is 205 Å². The van der Waals surface area contributed by atoms with Crippen LogP contribution >= 0.6 is 0 Å². The van der Waals surface area contributed by atoms with Crippen molar-refractivity contribution in [3.63, 3.8) is 0 Å². The first-order chi connectivity index (χ1) is 15.5. The monoisotopic (exact) mass is 454 g/mol. The summed E-state index contributed by atoms with van der Waals surface area (Å²) in [5.41, 5.74) is 1.90. The predicted octanol–water partition coefficient (Wildman–Crippen LogP) is 8.90. The van der Waals surface area contributed by atoms with Gasteiger partial charge >= 0.3 is 0 Å². The average molecular weight is 455 g/mol. The topological polar surface area (TPSA) is 9.23 Å². The van der Waals surface area contributed by atoms with Crippen molar-refractivity contribution in [1.29, 1.82) is 0 Å².